The van der Waals surface area contributed by atoms with Gasteiger partial charge in [0.15, 0.2) is 0 Å². The second-order valence-corrected chi connectivity index (χ2v) is 5.67. The smallest absolute Gasteiger partial charge is 0.128 e. The lowest BCUT2D eigenvalue weighted by molar-refractivity contribution is 0.138. The standard InChI is InChI=1S/C15H23FN4/c1-19-7-5-13(6-8-19)20(2)10-12-4-3-11(15(17)18)9-14(12)16/h3-4,9,13H,5-8,10H2,1-2H3,(H3,17,18). The zero-order valence-electron chi connectivity index (χ0n) is 12.2. The number of nitrogens with one attached hydrogen (secondary N) is 1. The number of amidine groups is 1. The van der Waals surface area contributed by atoms with Gasteiger partial charge in [-0.25, -0.2) is 4.39 Å². The zero-order valence-corrected chi connectivity index (χ0v) is 12.2. The topological polar surface area (TPSA) is 56.4 Å². The molecule has 0 aromatic heterocycles. The molecule has 1 aliphatic heterocycles. The summed E-state index contributed by atoms with van der Waals surface area (Å²) in [6.45, 7) is 2.79. The van der Waals surface area contributed by atoms with E-state index in [9.17, 15) is 4.39 Å². The normalized spacial score (nSPS) is 17.6. The molecule has 1 aliphatic rings. The van der Waals surface area contributed by atoms with E-state index < -0.39 is 0 Å². The number of benzene rings is 1. The highest BCUT2D eigenvalue weighted by atomic mass is 19.1. The van der Waals surface area contributed by atoms with Crippen LogP contribution in [0.4, 0.5) is 4.39 Å². The van der Waals surface area contributed by atoms with Crippen molar-refractivity contribution in [2.45, 2.75) is 25.4 Å². The Morgan fingerprint density at radius 2 is 2.10 bits per heavy atom. The van der Waals surface area contributed by atoms with Crippen molar-refractivity contribution in [1.29, 1.82) is 5.41 Å². The molecule has 1 aromatic carbocycles. The fraction of sp³-hybridized carbons (Fsp3) is 0.533. The van der Waals surface area contributed by atoms with Crippen LogP contribution in [0.1, 0.15) is 24.0 Å². The molecular formula is C15H23FN4. The van der Waals surface area contributed by atoms with E-state index in [-0.39, 0.29) is 11.7 Å². The van der Waals surface area contributed by atoms with Crippen molar-refractivity contribution in [2.24, 2.45) is 5.73 Å². The molecule has 4 nitrogen and oxygen atoms in total. The monoisotopic (exact) mass is 278 g/mol. The molecule has 0 aliphatic carbocycles. The molecule has 1 heterocycles. The second kappa shape index (κ2) is 6.33. The summed E-state index contributed by atoms with van der Waals surface area (Å²) >= 11 is 0. The number of nitrogen functional groups attached to an aromatic ring is 1. The summed E-state index contributed by atoms with van der Waals surface area (Å²) in [5.41, 5.74) is 6.47. The van der Waals surface area contributed by atoms with Gasteiger partial charge in [-0.2, -0.15) is 0 Å². The van der Waals surface area contributed by atoms with Crippen LogP contribution in [-0.4, -0.2) is 48.9 Å². The van der Waals surface area contributed by atoms with Gasteiger partial charge in [-0.1, -0.05) is 12.1 Å². The van der Waals surface area contributed by atoms with Crippen molar-refractivity contribution in [3.63, 3.8) is 0 Å². The van der Waals surface area contributed by atoms with Gasteiger partial charge in [-0.15, -0.1) is 0 Å². The number of piperidine rings is 1. The third-order valence-electron chi connectivity index (χ3n) is 4.10. The molecule has 0 atom stereocenters. The molecule has 0 bridgehead atoms. The molecule has 1 fully saturated rings. The molecule has 3 N–H and O–H groups in total. The van der Waals surface area contributed by atoms with Gasteiger partial charge in [0.2, 0.25) is 0 Å². The summed E-state index contributed by atoms with van der Waals surface area (Å²) in [5.74, 6) is -0.378. The average molecular weight is 278 g/mol. The Morgan fingerprint density at radius 1 is 1.45 bits per heavy atom. The second-order valence-electron chi connectivity index (χ2n) is 5.67. The van der Waals surface area contributed by atoms with Crippen molar-refractivity contribution < 1.29 is 4.39 Å². The Bertz CT molecular complexity index is 481. The Labute approximate surface area is 119 Å². The van der Waals surface area contributed by atoms with Gasteiger partial charge in [-0.05, 0) is 46.1 Å². The van der Waals surface area contributed by atoms with E-state index in [2.05, 4.69) is 16.8 Å². The molecule has 1 saturated heterocycles. The van der Waals surface area contributed by atoms with Gasteiger partial charge in [-0.3, -0.25) is 10.3 Å². The quantitative estimate of drug-likeness (QED) is 0.650. The van der Waals surface area contributed by atoms with E-state index in [1.165, 1.54) is 6.07 Å². The van der Waals surface area contributed by atoms with Crippen molar-refractivity contribution in [3.05, 3.63) is 35.1 Å². The highest BCUT2D eigenvalue weighted by Gasteiger charge is 2.21. The van der Waals surface area contributed by atoms with Crippen LogP contribution >= 0.6 is 0 Å². The number of halogens is 1. The van der Waals surface area contributed by atoms with E-state index in [1.807, 2.05) is 7.05 Å². The summed E-state index contributed by atoms with van der Waals surface area (Å²) in [5, 5.41) is 7.32. The van der Waals surface area contributed by atoms with E-state index in [0.717, 1.165) is 25.9 Å². The molecule has 110 valence electrons. The number of nitrogens with two attached hydrogens (primary N) is 1. The summed E-state index contributed by atoms with van der Waals surface area (Å²) in [6.07, 6.45) is 2.25. The maximum atomic E-state index is 14.0. The van der Waals surface area contributed by atoms with Gasteiger partial charge >= 0.3 is 0 Å². The Morgan fingerprint density at radius 3 is 2.65 bits per heavy atom. The van der Waals surface area contributed by atoms with Gasteiger partial charge in [0.25, 0.3) is 0 Å². The molecule has 0 radical (unpaired) electrons. The summed E-state index contributed by atoms with van der Waals surface area (Å²) in [4.78, 5) is 4.55. The summed E-state index contributed by atoms with van der Waals surface area (Å²) in [7, 11) is 4.19. The van der Waals surface area contributed by atoms with Crippen LogP contribution in [0.5, 0.6) is 0 Å². The van der Waals surface area contributed by atoms with Crippen LogP contribution in [0, 0.1) is 11.2 Å². The molecule has 0 unspecified atom stereocenters. The van der Waals surface area contributed by atoms with Gasteiger partial charge < -0.3 is 10.6 Å². The van der Waals surface area contributed by atoms with Gasteiger partial charge in [0.05, 0.1) is 0 Å². The highest BCUT2D eigenvalue weighted by molar-refractivity contribution is 5.94. The van der Waals surface area contributed by atoms with Crippen molar-refractivity contribution in [3.8, 4) is 0 Å². The number of hydrogen-bond acceptors (Lipinski definition) is 3. The maximum Gasteiger partial charge on any atom is 0.128 e. The number of hydrogen-bond donors (Lipinski definition) is 2. The molecule has 20 heavy (non-hydrogen) atoms. The van der Waals surface area contributed by atoms with Crippen LogP contribution in [0.2, 0.25) is 0 Å². The van der Waals surface area contributed by atoms with Crippen molar-refractivity contribution in [2.75, 3.05) is 27.2 Å². The fourth-order valence-corrected chi connectivity index (χ4v) is 2.68. The van der Waals surface area contributed by atoms with Crippen molar-refractivity contribution in [1.82, 2.24) is 9.80 Å². The third kappa shape index (κ3) is 3.55. The average Bonchev–Trinajstić information content (AvgIpc) is 2.41. The molecule has 1 aromatic rings. The SMILES string of the molecule is CN1CCC(N(C)Cc2ccc(C(=N)N)cc2F)CC1. The minimum atomic E-state index is -0.280. The molecule has 0 spiro atoms. The van der Waals surface area contributed by atoms with Crippen LogP contribution in [0.25, 0.3) is 0 Å². The third-order valence-corrected chi connectivity index (χ3v) is 4.10. The zero-order chi connectivity index (χ0) is 14.7. The van der Waals surface area contributed by atoms with Crippen LogP contribution in [0.3, 0.4) is 0 Å². The van der Waals surface area contributed by atoms with Gasteiger partial charge in [0, 0.05) is 23.7 Å². The van der Waals surface area contributed by atoms with Crippen LogP contribution in [0.15, 0.2) is 18.2 Å². The lowest BCUT2D eigenvalue weighted by Crippen LogP contribution is -2.41. The predicted molar refractivity (Wildman–Crippen MR) is 79.4 cm³/mol. The first kappa shape index (κ1) is 14.9. The number of nitrogens with zero attached hydrogens (tertiary/aromatic N) is 2. The van der Waals surface area contributed by atoms with E-state index >= 15 is 0 Å². The predicted octanol–water partition coefficient (Wildman–Crippen LogP) is 1.64. The molecule has 2 rings (SSSR count). The fourth-order valence-electron chi connectivity index (χ4n) is 2.68. The van der Waals surface area contributed by atoms with Crippen LogP contribution < -0.4 is 5.73 Å². The summed E-state index contributed by atoms with van der Waals surface area (Å²) in [6, 6.07) is 5.30. The number of likely N-dealkylation sites (tertiary alicyclic amines) is 1. The molecule has 5 heteroatoms. The van der Waals surface area contributed by atoms with E-state index in [4.69, 9.17) is 11.1 Å². The largest absolute Gasteiger partial charge is 0.384 e. The minimum Gasteiger partial charge on any atom is -0.384 e. The lowest BCUT2D eigenvalue weighted by atomic mass is 10.0. The summed E-state index contributed by atoms with van der Waals surface area (Å²) < 4.78 is 14.0. The van der Waals surface area contributed by atoms with Crippen molar-refractivity contribution >= 4 is 5.84 Å². The molecule has 0 saturated carbocycles. The maximum absolute atomic E-state index is 14.0. The van der Waals surface area contributed by atoms with E-state index in [0.29, 0.717) is 23.7 Å². The lowest BCUT2D eigenvalue weighted by Gasteiger charge is -2.35. The molecular weight excluding hydrogens is 255 g/mol. The Balaban J connectivity index is 2.00. The number of rotatable bonds is 4. The van der Waals surface area contributed by atoms with Gasteiger partial charge in [0.1, 0.15) is 11.7 Å². The Kier molecular flexibility index (Phi) is 4.73. The minimum absolute atomic E-state index is 0.0980. The first-order valence-corrected chi connectivity index (χ1v) is 6.99. The van der Waals surface area contributed by atoms with Crippen LogP contribution in [-0.2, 0) is 6.54 Å². The molecule has 0 amide bonds. The Hall–Kier alpha value is -1.46. The first-order valence-electron chi connectivity index (χ1n) is 6.99. The first-order chi connectivity index (χ1) is 9.47. The van der Waals surface area contributed by atoms with E-state index in [1.54, 1.807) is 12.1 Å². The highest BCUT2D eigenvalue weighted by Crippen LogP contribution is 2.18.